The summed E-state index contributed by atoms with van der Waals surface area (Å²) in [6.07, 6.45) is -0.211. The van der Waals surface area contributed by atoms with Crippen LogP contribution in [0.1, 0.15) is 12.0 Å². The van der Waals surface area contributed by atoms with E-state index in [0.717, 1.165) is 11.3 Å². The number of carbonyl (C=O) groups excluding carboxylic acids is 1. The smallest absolute Gasteiger partial charge is 0.268 e. The van der Waals surface area contributed by atoms with Gasteiger partial charge in [-0.2, -0.15) is 0 Å². The van der Waals surface area contributed by atoms with Gasteiger partial charge in [-0.15, -0.1) is 0 Å². The van der Waals surface area contributed by atoms with Gasteiger partial charge in [0.1, 0.15) is 0 Å². The summed E-state index contributed by atoms with van der Waals surface area (Å²) in [6.45, 7) is 0. The van der Waals surface area contributed by atoms with Crippen LogP contribution < -0.4 is 14.8 Å². The first-order valence-electron chi connectivity index (χ1n) is 7.52. The number of hydrogen-bond donors (Lipinski definition) is 1. The van der Waals surface area contributed by atoms with Crippen molar-refractivity contribution in [3.63, 3.8) is 0 Å². The zero-order chi connectivity index (χ0) is 16.9. The summed E-state index contributed by atoms with van der Waals surface area (Å²) in [5.41, 5.74) is 2.33. The van der Waals surface area contributed by atoms with E-state index < -0.39 is 6.10 Å². The lowest BCUT2D eigenvalue weighted by Gasteiger charge is -2.12. The molecule has 1 aliphatic rings. The highest BCUT2D eigenvalue weighted by Crippen LogP contribution is 2.30. The third-order valence-electron chi connectivity index (χ3n) is 3.72. The van der Waals surface area contributed by atoms with Crippen LogP contribution in [0.15, 0.2) is 53.7 Å². The number of nitrogens with zero attached hydrogens (tertiary/aromatic N) is 1. The van der Waals surface area contributed by atoms with Crippen molar-refractivity contribution in [3.8, 4) is 11.5 Å². The fourth-order valence-electron chi connectivity index (χ4n) is 2.46. The lowest BCUT2D eigenvalue weighted by atomic mass is 10.0. The van der Waals surface area contributed by atoms with Crippen molar-refractivity contribution in [2.24, 2.45) is 5.16 Å². The average Bonchev–Trinajstić information content (AvgIpc) is 3.12. The quantitative estimate of drug-likeness (QED) is 0.917. The molecule has 6 heteroatoms. The van der Waals surface area contributed by atoms with Crippen molar-refractivity contribution in [3.05, 3.63) is 54.1 Å². The molecule has 0 aromatic heterocycles. The van der Waals surface area contributed by atoms with Crippen LogP contribution in [0, 0.1) is 0 Å². The minimum Gasteiger partial charge on any atom is -0.493 e. The van der Waals surface area contributed by atoms with Gasteiger partial charge in [0.2, 0.25) is 6.10 Å². The molecule has 1 N–H and O–H groups in total. The van der Waals surface area contributed by atoms with Crippen molar-refractivity contribution in [2.75, 3.05) is 19.5 Å². The summed E-state index contributed by atoms with van der Waals surface area (Å²) in [4.78, 5) is 17.6. The molecule has 0 bridgehead atoms. The van der Waals surface area contributed by atoms with E-state index in [1.165, 1.54) is 0 Å². The summed E-state index contributed by atoms with van der Waals surface area (Å²) in [6, 6.07) is 14.8. The van der Waals surface area contributed by atoms with Crippen molar-refractivity contribution in [1.82, 2.24) is 0 Å². The van der Waals surface area contributed by atoms with Crippen molar-refractivity contribution in [1.29, 1.82) is 0 Å². The molecule has 0 unspecified atom stereocenters. The maximum absolute atomic E-state index is 12.4. The standard InChI is InChI=1S/C18H18N2O4/c1-22-15-9-8-13(10-16(15)23-2)19-18(21)17-11-14(20-24-17)12-6-4-3-5-7-12/h3-10,17H,11H2,1-2H3,(H,19,21)/t17-/m0/s1. The van der Waals surface area contributed by atoms with Gasteiger partial charge in [0.15, 0.2) is 11.5 Å². The SMILES string of the molecule is COc1ccc(NC(=O)[C@@H]2CC(c3ccccc3)=NO2)cc1OC. The Hall–Kier alpha value is -3.02. The first-order chi connectivity index (χ1) is 11.7. The molecule has 124 valence electrons. The number of methoxy groups -OCH3 is 2. The van der Waals surface area contributed by atoms with Gasteiger partial charge in [-0.05, 0) is 17.7 Å². The Bertz CT molecular complexity index is 759. The predicted molar refractivity (Wildman–Crippen MR) is 90.6 cm³/mol. The minimum atomic E-state index is -0.645. The van der Waals surface area contributed by atoms with Crippen LogP contribution in [0.3, 0.4) is 0 Å². The lowest BCUT2D eigenvalue weighted by molar-refractivity contribution is -0.125. The molecular weight excluding hydrogens is 308 g/mol. The van der Waals surface area contributed by atoms with Gasteiger partial charge < -0.3 is 19.6 Å². The third-order valence-corrected chi connectivity index (χ3v) is 3.72. The molecule has 2 aromatic rings. The third kappa shape index (κ3) is 3.32. The molecule has 1 heterocycles. The molecule has 1 aliphatic heterocycles. The van der Waals surface area contributed by atoms with E-state index in [-0.39, 0.29) is 5.91 Å². The Morgan fingerprint density at radius 2 is 1.88 bits per heavy atom. The van der Waals surface area contributed by atoms with E-state index in [9.17, 15) is 4.79 Å². The van der Waals surface area contributed by atoms with E-state index in [2.05, 4.69) is 10.5 Å². The van der Waals surface area contributed by atoms with E-state index >= 15 is 0 Å². The maximum Gasteiger partial charge on any atom is 0.268 e. The number of carbonyl (C=O) groups is 1. The maximum atomic E-state index is 12.4. The molecule has 0 saturated carbocycles. The van der Waals surface area contributed by atoms with E-state index in [0.29, 0.717) is 23.6 Å². The molecule has 0 radical (unpaired) electrons. The number of anilines is 1. The minimum absolute atomic E-state index is 0.253. The molecule has 3 rings (SSSR count). The van der Waals surface area contributed by atoms with Gasteiger partial charge in [-0.25, -0.2) is 0 Å². The number of hydrogen-bond acceptors (Lipinski definition) is 5. The van der Waals surface area contributed by atoms with E-state index in [4.69, 9.17) is 14.3 Å². The second-order valence-electron chi connectivity index (χ2n) is 5.26. The predicted octanol–water partition coefficient (Wildman–Crippen LogP) is 2.84. The van der Waals surface area contributed by atoms with Crippen LogP contribution in [-0.4, -0.2) is 31.9 Å². The van der Waals surface area contributed by atoms with Gasteiger partial charge in [0.25, 0.3) is 5.91 Å². The lowest BCUT2D eigenvalue weighted by Crippen LogP contribution is -2.28. The zero-order valence-corrected chi connectivity index (χ0v) is 13.5. The monoisotopic (exact) mass is 326 g/mol. The first-order valence-corrected chi connectivity index (χ1v) is 7.52. The number of oxime groups is 1. The number of benzene rings is 2. The summed E-state index contributed by atoms with van der Waals surface area (Å²) in [5.74, 6) is 0.892. The Balaban J connectivity index is 1.65. The highest BCUT2D eigenvalue weighted by Gasteiger charge is 2.29. The topological polar surface area (TPSA) is 69.2 Å². The molecule has 24 heavy (non-hydrogen) atoms. The molecule has 1 amide bonds. The van der Waals surface area contributed by atoms with Crippen LogP contribution in [0.5, 0.6) is 11.5 Å². The highest BCUT2D eigenvalue weighted by molar-refractivity contribution is 6.06. The molecule has 1 atom stereocenters. The normalized spacial score (nSPS) is 16.1. The van der Waals surface area contributed by atoms with Crippen LogP contribution in [-0.2, 0) is 9.63 Å². The van der Waals surface area contributed by atoms with Gasteiger partial charge in [-0.1, -0.05) is 35.5 Å². The molecule has 0 fully saturated rings. The van der Waals surface area contributed by atoms with Crippen LogP contribution in [0.25, 0.3) is 0 Å². The molecule has 6 nitrogen and oxygen atoms in total. The fourth-order valence-corrected chi connectivity index (χ4v) is 2.46. The largest absolute Gasteiger partial charge is 0.493 e. The average molecular weight is 326 g/mol. The highest BCUT2D eigenvalue weighted by atomic mass is 16.6. The van der Waals surface area contributed by atoms with Gasteiger partial charge in [-0.3, -0.25) is 4.79 Å². The number of nitrogens with one attached hydrogen (secondary N) is 1. The second kappa shape index (κ2) is 7.04. The summed E-state index contributed by atoms with van der Waals surface area (Å²) in [5, 5.41) is 6.83. The summed E-state index contributed by atoms with van der Waals surface area (Å²) < 4.78 is 10.4. The summed E-state index contributed by atoms with van der Waals surface area (Å²) >= 11 is 0. The van der Waals surface area contributed by atoms with Crippen LogP contribution in [0.2, 0.25) is 0 Å². The van der Waals surface area contributed by atoms with Crippen LogP contribution in [0.4, 0.5) is 5.69 Å². The second-order valence-corrected chi connectivity index (χ2v) is 5.26. The fraction of sp³-hybridized carbons (Fsp3) is 0.222. The molecule has 2 aromatic carbocycles. The summed E-state index contributed by atoms with van der Waals surface area (Å²) in [7, 11) is 3.11. The Morgan fingerprint density at radius 1 is 1.12 bits per heavy atom. The number of ether oxygens (including phenoxy) is 2. The Morgan fingerprint density at radius 3 is 2.58 bits per heavy atom. The molecular formula is C18H18N2O4. The molecule has 0 aliphatic carbocycles. The Labute approximate surface area is 140 Å². The van der Waals surface area contributed by atoms with Gasteiger partial charge >= 0.3 is 0 Å². The number of amides is 1. The van der Waals surface area contributed by atoms with E-state index in [1.54, 1.807) is 32.4 Å². The van der Waals surface area contributed by atoms with E-state index in [1.807, 2.05) is 30.3 Å². The Kier molecular flexibility index (Phi) is 4.65. The van der Waals surface area contributed by atoms with Crippen molar-refractivity contribution >= 4 is 17.3 Å². The van der Waals surface area contributed by atoms with Gasteiger partial charge in [0.05, 0.1) is 19.9 Å². The molecule has 0 spiro atoms. The molecule has 0 saturated heterocycles. The van der Waals surface area contributed by atoms with Crippen LogP contribution >= 0.6 is 0 Å². The first kappa shape index (κ1) is 15.9. The number of rotatable bonds is 5. The van der Waals surface area contributed by atoms with Crippen molar-refractivity contribution in [2.45, 2.75) is 12.5 Å². The van der Waals surface area contributed by atoms with Crippen molar-refractivity contribution < 1.29 is 19.1 Å². The zero-order valence-electron chi connectivity index (χ0n) is 13.5. The van der Waals surface area contributed by atoms with Gasteiger partial charge in [0, 0.05) is 18.2 Å².